The molecule has 2 heteroatoms. The zero-order valence-electron chi connectivity index (χ0n) is 5.89. The van der Waals surface area contributed by atoms with Gasteiger partial charge in [0.15, 0.2) is 0 Å². The Kier molecular flexibility index (Phi) is 1.58. The van der Waals surface area contributed by atoms with Gasteiger partial charge in [0.2, 0.25) is 0 Å². The van der Waals surface area contributed by atoms with E-state index in [-0.39, 0.29) is 11.5 Å². The molecule has 0 N–H and O–H groups in total. The normalized spacial score (nSPS) is 32.4. The van der Waals surface area contributed by atoms with E-state index in [1.54, 1.807) is 0 Å². The van der Waals surface area contributed by atoms with Crippen LogP contribution in [0.15, 0.2) is 0 Å². The Balaban J connectivity index is 2.62. The second kappa shape index (κ2) is 2.10. The third kappa shape index (κ3) is 1.13. The standard InChI is InChI=1S/C7H12O2/c1-7(2)3-4-9-6(7)5-8/h5-6H,3-4H2,1-2H3/t6-/m0/s1. The van der Waals surface area contributed by atoms with Gasteiger partial charge in [-0.3, -0.25) is 0 Å². The number of carbonyl (C=O) groups excluding carboxylic acids is 1. The first-order valence-electron chi connectivity index (χ1n) is 3.24. The van der Waals surface area contributed by atoms with Crippen LogP contribution >= 0.6 is 0 Å². The van der Waals surface area contributed by atoms with E-state index in [1.807, 2.05) is 0 Å². The maximum absolute atomic E-state index is 10.3. The van der Waals surface area contributed by atoms with E-state index in [4.69, 9.17) is 4.74 Å². The Morgan fingerprint density at radius 3 is 2.56 bits per heavy atom. The van der Waals surface area contributed by atoms with Crippen molar-refractivity contribution in [2.75, 3.05) is 6.61 Å². The van der Waals surface area contributed by atoms with E-state index in [2.05, 4.69) is 13.8 Å². The van der Waals surface area contributed by atoms with Crippen molar-refractivity contribution in [1.29, 1.82) is 0 Å². The number of rotatable bonds is 1. The number of aldehydes is 1. The van der Waals surface area contributed by atoms with E-state index in [0.29, 0.717) is 0 Å². The molecule has 0 amide bonds. The van der Waals surface area contributed by atoms with Gasteiger partial charge in [-0.05, 0) is 11.8 Å². The third-order valence-electron chi connectivity index (χ3n) is 1.94. The molecule has 1 heterocycles. The van der Waals surface area contributed by atoms with Crippen molar-refractivity contribution in [3.63, 3.8) is 0 Å². The SMILES string of the molecule is CC1(C)CCO[C@H]1C=O. The topological polar surface area (TPSA) is 26.3 Å². The highest BCUT2D eigenvalue weighted by atomic mass is 16.5. The molecule has 1 saturated heterocycles. The number of hydrogen-bond acceptors (Lipinski definition) is 2. The van der Waals surface area contributed by atoms with Gasteiger partial charge in [0.1, 0.15) is 12.4 Å². The molecule has 1 fully saturated rings. The number of hydrogen-bond donors (Lipinski definition) is 0. The molecular formula is C7H12O2. The molecule has 0 aliphatic carbocycles. The maximum atomic E-state index is 10.3. The van der Waals surface area contributed by atoms with E-state index < -0.39 is 0 Å². The van der Waals surface area contributed by atoms with Crippen molar-refractivity contribution in [1.82, 2.24) is 0 Å². The lowest BCUT2D eigenvalue weighted by Gasteiger charge is -2.19. The van der Waals surface area contributed by atoms with Crippen LogP contribution < -0.4 is 0 Å². The molecule has 0 spiro atoms. The first-order chi connectivity index (χ1) is 4.17. The highest BCUT2D eigenvalue weighted by Gasteiger charge is 2.35. The van der Waals surface area contributed by atoms with Crippen LogP contribution in [0.3, 0.4) is 0 Å². The highest BCUT2D eigenvalue weighted by molar-refractivity contribution is 5.58. The van der Waals surface area contributed by atoms with Gasteiger partial charge in [-0.25, -0.2) is 0 Å². The molecule has 1 rings (SSSR count). The fraction of sp³-hybridized carbons (Fsp3) is 0.857. The average Bonchev–Trinajstić information content (AvgIpc) is 2.08. The maximum Gasteiger partial charge on any atom is 0.149 e. The molecule has 0 aromatic rings. The minimum absolute atomic E-state index is 0.0712. The van der Waals surface area contributed by atoms with Crippen LogP contribution in [0.5, 0.6) is 0 Å². The molecule has 0 radical (unpaired) electrons. The molecule has 0 bridgehead atoms. The summed E-state index contributed by atoms with van der Waals surface area (Å²) in [5.74, 6) is 0. The highest BCUT2D eigenvalue weighted by Crippen LogP contribution is 2.32. The van der Waals surface area contributed by atoms with Gasteiger partial charge in [-0.15, -0.1) is 0 Å². The lowest BCUT2D eigenvalue weighted by Crippen LogP contribution is -2.25. The molecule has 1 aliphatic heterocycles. The van der Waals surface area contributed by atoms with Crippen LogP contribution in [0.4, 0.5) is 0 Å². The fourth-order valence-electron chi connectivity index (χ4n) is 1.04. The van der Waals surface area contributed by atoms with Crippen molar-refractivity contribution in [2.45, 2.75) is 26.4 Å². The average molecular weight is 128 g/mol. The molecule has 52 valence electrons. The van der Waals surface area contributed by atoms with Gasteiger partial charge in [-0.2, -0.15) is 0 Å². The Hall–Kier alpha value is -0.370. The molecular weight excluding hydrogens is 116 g/mol. The summed E-state index contributed by atoms with van der Waals surface area (Å²) in [6.07, 6.45) is 1.72. The number of ether oxygens (including phenoxy) is 1. The van der Waals surface area contributed by atoms with E-state index in [9.17, 15) is 4.79 Å². The van der Waals surface area contributed by atoms with Crippen molar-refractivity contribution < 1.29 is 9.53 Å². The zero-order chi connectivity index (χ0) is 6.91. The van der Waals surface area contributed by atoms with Crippen LogP contribution in [-0.2, 0) is 9.53 Å². The number of carbonyl (C=O) groups is 1. The summed E-state index contributed by atoms with van der Waals surface area (Å²) in [4.78, 5) is 10.3. The third-order valence-corrected chi connectivity index (χ3v) is 1.94. The predicted molar refractivity (Wildman–Crippen MR) is 34.2 cm³/mol. The minimum atomic E-state index is -0.169. The lowest BCUT2D eigenvalue weighted by molar-refractivity contribution is -0.118. The van der Waals surface area contributed by atoms with Crippen LogP contribution in [-0.4, -0.2) is 19.0 Å². The van der Waals surface area contributed by atoms with Gasteiger partial charge in [0, 0.05) is 6.61 Å². The molecule has 0 unspecified atom stereocenters. The van der Waals surface area contributed by atoms with Crippen LogP contribution in [0.1, 0.15) is 20.3 Å². The van der Waals surface area contributed by atoms with Crippen molar-refractivity contribution in [3.8, 4) is 0 Å². The summed E-state index contributed by atoms with van der Waals surface area (Å²) in [7, 11) is 0. The van der Waals surface area contributed by atoms with Crippen molar-refractivity contribution in [2.24, 2.45) is 5.41 Å². The fourth-order valence-corrected chi connectivity index (χ4v) is 1.04. The molecule has 0 saturated carbocycles. The zero-order valence-corrected chi connectivity index (χ0v) is 5.89. The molecule has 2 nitrogen and oxygen atoms in total. The van der Waals surface area contributed by atoms with E-state index >= 15 is 0 Å². The largest absolute Gasteiger partial charge is 0.370 e. The van der Waals surface area contributed by atoms with Crippen molar-refractivity contribution in [3.05, 3.63) is 0 Å². The second-order valence-electron chi connectivity index (χ2n) is 3.17. The van der Waals surface area contributed by atoms with Crippen LogP contribution in [0, 0.1) is 5.41 Å². The summed E-state index contributed by atoms with van der Waals surface area (Å²) >= 11 is 0. The van der Waals surface area contributed by atoms with E-state index in [0.717, 1.165) is 19.3 Å². The summed E-state index contributed by atoms with van der Waals surface area (Å²) in [5.41, 5.74) is 0.0712. The van der Waals surface area contributed by atoms with Gasteiger partial charge in [0.05, 0.1) is 0 Å². The van der Waals surface area contributed by atoms with Crippen LogP contribution in [0.2, 0.25) is 0 Å². The second-order valence-corrected chi connectivity index (χ2v) is 3.17. The Morgan fingerprint density at radius 1 is 1.67 bits per heavy atom. The first-order valence-corrected chi connectivity index (χ1v) is 3.24. The molecule has 9 heavy (non-hydrogen) atoms. The molecule has 1 atom stereocenters. The Labute approximate surface area is 55.2 Å². The smallest absolute Gasteiger partial charge is 0.149 e. The lowest BCUT2D eigenvalue weighted by atomic mass is 9.86. The van der Waals surface area contributed by atoms with Gasteiger partial charge >= 0.3 is 0 Å². The molecule has 0 aromatic heterocycles. The summed E-state index contributed by atoms with van der Waals surface area (Å²) < 4.78 is 5.15. The van der Waals surface area contributed by atoms with Gasteiger partial charge < -0.3 is 9.53 Å². The summed E-state index contributed by atoms with van der Waals surface area (Å²) in [6.45, 7) is 4.84. The first kappa shape index (κ1) is 6.75. The van der Waals surface area contributed by atoms with Gasteiger partial charge in [0.25, 0.3) is 0 Å². The van der Waals surface area contributed by atoms with Crippen LogP contribution in [0.25, 0.3) is 0 Å². The molecule has 1 aliphatic rings. The summed E-state index contributed by atoms with van der Waals surface area (Å²) in [6, 6.07) is 0. The monoisotopic (exact) mass is 128 g/mol. The summed E-state index contributed by atoms with van der Waals surface area (Å²) in [5, 5.41) is 0. The van der Waals surface area contributed by atoms with Crippen molar-refractivity contribution >= 4 is 6.29 Å². The quantitative estimate of drug-likeness (QED) is 0.492. The minimum Gasteiger partial charge on any atom is -0.370 e. The van der Waals surface area contributed by atoms with Gasteiger partial charge in [-0.1, -0.05) is 13.8 Å². The molecule has 0 aromatic carbocycles. The van der Waals surface area contributed by atoms with E-state index in [1.165, 1.54) is 0 Å². The Bertz CT molecular complexity index is 118. The Morgan fingerprint density at radius 2 is 2.33 bits per heavy atom. The predicted octanol–water partition coefficient (Wildman–Crippen LogP) is 1.00.